The van der Waals surface area contributed by atoms with E-state index in [1.165, 1.54) is 15.3 Å². The average molecular weight is 254 g/mol. The minimum absolute atomic E-state index is 0.0229. The summed E-state index contributed by atoms with van der Waals surface area (Å²) in [4.78, 5) is 14.2. The number of hydrogen-bond acceptors (Lipinski definition) is 4. The molecule has 94 valence electrons. The Hall–Kier alpha value is -0.910. The quantitative estimate of drug-likeness (QED) is 0.744. The van der Waals surface area contributed by atoms with Crippen LogP contribution in [0.2, 0.25) is 0 Å². The van der Waals surface area contributed by atoms with Gasteiger partial charge in [-0.15, -0.1) is 11.3 Å². The highest BCUT2D eigenvalue weighted by molar-refractivity contribution is 7.12. The van der Waals surface area contributed by atoms with E-state index in [1.54, 1.807) is 11.3 Å². The second kappa shape index (κ2) is 5.16. The first-order valence-corrected chi connectivity index (χ1v) is 6.63. The molecule has 2 unspecified atom stereocenters. The van der Waals surface area contributed by atoms with Crippen molar-refractivity contribution in [3.63, 3.8) is 0 Å². The molecule has 0 saturated carbocycles. The third-order valence-electron chi connectivity index (χ3n) is 3.08. The van der Waals surface area contributed by atoms with Crippen molar-refractivity contribution >= 4 is 17.2 Å². The van der Waals surface area contributed by atoms with Crippen LogP contribution in [0.1, 0.15) is 21.7 Å². The number of thiophene rings is 1. The van der Waals surface area contributed by atoms with E-state index in [4.69, 9.17) is 0 Å². The normalized spacial score (nSPS) is 23.9. The molecule has 0 spiro atoms. The first-order chi connectivity index (χ1) is 8.06. The molecule has 4 nitrogen and oxygen atoms in total. The summed E-state index contributed by atoms with van der Waals surface area (Å²) >= 11 is 1.71. The van der Waals surface area contributed by atoms with Crippen LogP contribution in [0.3, 0.4) is 0 Å². The molecule has 1 amide bonds. The van der Waals surface area contributed by atoms with Gasteiger partial charge in [-0.25, -0.2) is 0 Å². The van der Waals surface area contributed by atoms with Crippen molar-refractivity contribution in [1.82, 2.24) is 10.6 Å². The van der Waals surface area contributed by atoms with Crippen molar-refractivity contribution in [3.8, 4) is 0 Å². The van der Waals surface area contributed by atoms with Gasteiger partial charge in [-0.2, -0.15) is 0 Å². The van der Waals surface area contributed by atoms with E-state index in [-0.39, 0.29) is 11.9 Å². The van der Waals surface area contributed by atoms with Crippen molar-refractivity contribution in [2.75, 3.05) is 6.54 Å². The number of aliphatic hydroxyl groups excluding tert-OH is 1. The van der Waals surface area contributed by atoms with E-state index in [0.29, 0.717) is 19.5 Å². The van der Waals surface area contributed by atoms with Crippen LogP contribution in [-0.4, -0.2) is 29.7 Å². The molecular weight excluding hydrogens is 236 g/mol. The van der Waals surface area contributed by atoms with Gasteiger partial charge in [0.2, 0.25) is 5.91 Å². The zero-order valence-corrected chi connectivity index (χ0v) is 10.9. The lowest BCUT2D eigenvalue weighted by molar-refractivity contribution is -0.123. The third-order valence-corrected chi connectivity index (χ3v) is 4.23. The third kappa shape index (κ3) is 3.06. The number of amides is 1. The van der Waals surface area contributed by atoms with Crippen molar-refractivity contribution in [1.29, 1.82) is 0 Å². The number of nitrogens with one attached hydrogen (secondary N) is 2. The number of carbonyl (C=O) groups excluding carboxylic acids is 1. The van der Waals surface area contributed by atoms with Crippen molar-refractivity contribution in [3.05, 3.63) is 21.4 Å². The zero-order chi connectivity index (χ0) is 12.4. The van der Waals surface area contributed by atoms with Gasteiger partial charge in [0.1, 0.15) is 0 Å². The van der Waals surface area contributed by atoms with Crippen LogP contribution < -0.4 is 10.6 Å². The molecule has 5 heteroatoms. The van der Waals surface area contributed by atoms with E-state index >= 15 is 0 Å². The van der Waals surface area contributed by atoms with E-state index in [0.717, 1.165) is 0 Å². The molecule has 0 radical (unpaired) electrons. The van der Waals surface area contributed by atoms with Crippen LogP contribution in [0.25, 0.3) is 0 Å². The minimum atomic E-state index is -0.392. The lowest BCUT2D eigenvalue weighted by Crippen LogP contribution is -2.39. The van der Waals surface area contributed by atoms with E-state index in [1.807, 2.05) is 0 Å². The Kier molecular flexibility index (Phi) is 3.81. The fourth-order valence-electron chi connectivity index (χ4n) is 1.95. The Morgan fingerprint density at radius 1 is 1.65 bits per heavy atom. The van der Waals surface area contributed by atoms with Gasteiger partial charge >= 0.3 is 0 Å². The summed E-state index contributed by atoms with van der Waals surface area (Å²) in [6, 6.07) is 1.86. The topological polar surface area (TPSA) is 61.4 Å². The van der Waals surface area contributed by atoms with Gasteiger partial charge in [-0.3, -0.25) is 4.79 Å². The second-order valence-electron chi connectivity index (χ2n) is 4.52. The SMILES string of the molecule is Cc1cc(CNC(=O)C2CC(O)CN2)sc1C. The molecular formula is C12H18N2O2S. The molecule has 0 aliphatic carbocycles. The maximum absolute atomic E-state index is 11.8. The second-order valence-corrected chi connectivity index (χ2v) is 5.86. The predicted molar refractivity (Wildman–Crippen MR) is 68.1 cm³/mol. The van der Waals surface area contributed by atoms with Crippen LogP contribution in [-0.2, 0) is 11.3 Å². The van der Waals surface area contributed by atoms with Crippen LogP contribution in [0.15, 0.2) is 6.07 Å². The number of aryl methyl sites for hydroxylation is 2. The zero-order valence-electron chi connectivity index (χ0n) is 10.1. The van der Waals surface area contributed by atoms with Crippen molar-refractivity contribution in [2.24, 2.45) is 0 Å². The Morgan fingerprint density at radius 2 is 2.41 bits per heavy atom. The molecule has 1 aromatic rings. The highest BCUT2D eigenvalue weighted by Gasteiger charge is 2.27. The maximum Gasteiger partial charge on any atom is 0.237 e. The van der Waals surface area contributed by atoms with Crippen molar-refractivity contribution < 1.29 is 9.90 Å². The Balaban J connectivity index is 1.84. The van der Waals surface area contributed by atoms with E-state index in [2.05, 4.69) is 30.5 Å². The van der Waals surface area contributed by atoms with Gasteiger partial charge < -0.3 is 15.7 Å². The highest BCUT2D eigenvalue weighted by atomic mass is 32.1. The molecule has 17 heavy (non-hydrogen) atoms. The maximum atomic E-state index is 11.8. The summed E-state index contributed by atoms with van der Waals surface area (Å²) < 4.78 is 0. The summed E-state index contributed by atoms with van der Waals surface area (Å²) in [7, 11) is 0. The molecule has 2 atom stereocenters. The summed E-state index contributed by atoms with van der Waals surface area (Å²) in [6.45, 7) is 5.24. The lowest BCUT2D eigenvalue weighted by Gasteiger charge is -2.09. The van der Waals surface area contributed by atoms with Gasteiger partial charge in [0.25, 0.3) is 0 Å². The lowest BCUT2D eigenvalue weighted by atomic mass is 10.2. The first-order valence-electron chi connectivity index (χ1n) is 5.81. The van der Waals surface area contributed by atoms with Crippen LogP contribution in [0, 0.1) is 13.8 Å². The fourth-order valence-corrected chi connectivity index (χ4v) is 2.94. The largest absolute Gasteiger partial charge is 0.392 e. The summed E-state index contributed by atoms with van der Waals surface area (Å²) in [5.41, 5.74) is 1.27. The van der Waals surface area contributed by atoms with Crippen LogP contribution >= 0.6 is 11.3 Å². The van der Waals surface area contributed by atoms with Gasteiger partial charge in [-0.05, 0) is 31.9 Å². The van der Waals surface area contributed by atoms with Gasteiger partial charge in [0, 0.05) is 16.3 Å². The van der Waals surface area contributed by atoms with Gasteiger partial charge in [0.05, 0.1) is 18.7 Å². The predicted octanol–water partition coefficient (Wildman–Crippen LogP) is 0.704. The molecule has 2 rings (SSSR count). The van der Waals surface area contributed by atoms with Gasteiger partial charge in [0.15, 0.2) is 0 Å². The van der Waals surface area contributed by atoms with Crippen molar-refractivity contribution in [2.45, 2.75) is 39.0 Å². The molecule has 1 aliphatic rings. The molecule has 2 heterocycles. The first kappa shape index (κ1) is 12.5. The smallest absolute Gasteiger partial charge is 0.237 e. The highest BCUT2D eigenvalue weighted by Crippen LogP contribution is 2.20. The van der Waals surface area contributed by atoms with Crippen LogP contribution in [0.5, 0.6) is 0 Å². The molecule has 0 bridgehead atoms. The summed E-state index contributed by atoms with van der Waals surface area (Å²) in [5, 5.41) is 15.2. The standard InChI is InChI=1S/C12H18N2O2S/c1-7-3-10(17-8(7)2)6-14-12(16)11-4-9(15)5-13-11/h3,9,11,13,15H,4-6H2,1-2H3,(H,14,16). The number of rotatable bonds is 3. The Morgan fingerprint density at radius 3 is 2.94 bits per heavy atom. The average Bonchev–Trinajstić information content (AvgIpc) is 2.83. The molecule has 1 saturated heterocycles. The molecule has 1 aliphatic heterocycles. The molecule has 0 aromatic carbocycles. The fraction of sp³-hybridized carbons (Fsp3) is 0.583. The van der Waals surface area contributed by atoms with Gasteiger partial charge in [-0.1, -0.05) is 0 Å². The number of β-amino-alcohol motifs (C(OH)–C–C–N with tert-alkyl or cyclic N) is 1. The summed E-state index contributed by atoms with van der Waals surface area (Å²) in [6.07, 6.45) is 0.117. The molecule has 1 aromatic heterocycles. The Labute approximate surface area is 105 Å². The number of carbonyl (C=O) groups is 1. The van der Waals surface area contributed by atoms with E-state index in [9.17, 15) is 9.90 Å². The molecule has 1 fully saturated rings. The minimum Gasteiger partial charge on any atom is -0.392 e. The van der Waals surface area contributed by atoms with E-state index < -0.39 is 6.10 Å². The Bertz CT molecular complexity index is 397. The number of aliphatic hydroxyl groups is 1. The summed E-state index contributed by atoms with van der Waals surface area (Å²) in [5.74, 6) is -0.0229. The molecule has 3 N–H and O–H groups in total. The monoisotopic (exact) mass is 254 g/mol. The van der Waals surface area contributed by atoms with Crippen LogP contribution in [0.4, 0.5) is 0 Å². The number of hydrogen-bond donors (Lipinski definition) is 3.